The first kappa shape index (κ1) is 18.2. The molecular weight excluding hydrogens is 336 g/mol. The van der Waals surface area contributed by atoms with Crippen LogP contribution in [-0.2, 0) is 0 Å². The minimum Gasteiger partial charge on any atom is -0.348 e. The standard InChI is InChI=1S/C19H23BrN2/c1-7-10-18(21-9-3)15(5)17-13-16(20)11-12-19(17)22(6)14(4)8-2/h7,9-13H,3-5,8H2,1-2,6H3/b10-7-,21-18?. The van der Waals surface area contributed by atoms with Crippen LogP contribution in [-0.4, -0.2) is 12.8 Å². The quantitative estimate of drug-likeness (QED) is 0.547. The highest BCUT2D eigenvalue weighted by Crippen LogP contribution is 2.32. The summed E-state index contributed by atoms with van der Waals surface area (Å²) in [7, 11) is 2.02. The molecule has 3 heteroatoms. The summed E-state index contributed by atoms with van der Waals surface area (Å²) in [6, 6.07) is 6.14. The van der Waals surface area contributed by atoms with E-state index in [-0.39, 0.29) is 0 Å². The first-order valence-electron chi connectivity index (χ1n) is 7.18. The van der Waals surface area contributed by atoms with E-state index < -0.39 is 0 Å². The molecule has 0 amide bonds. The summed E-state index contributed by atoms with van der Waals surface area (Å²) in [4.78, 5) is 6.41. The van der Waals surface area contributed by atoms with Gasteiger partial charge in [-0.25, -0.2) is 0 Å². The number of nitrogens with zero attached hydrogens (tertiary/aromatic N) is 2. The fraction of sp³-hybridized carbons (Fsp3) is 0.211. The Hall–Kier alpha value is -1.87. The lowest BCUT2D eigenvalue weighted by Gasteiger charge is -2.25. The maximum Gasteiger partial charge on any atom is 0.0699 e. The molecule has 0 aromatic heterocycles. The van der Waals surface area contributed by atoms with Crippen LogP contribution < -0.4 is 4.90 Å². The van der Waals surface area contributed by atoms with Crippen molar-refractivity contribution in [1.29, 1.82) is 0 Å². The Labute approximate surface area is 142 Å². The zero-order chi connectivity index (χ0) is 16.7. The van der Waals surface area contributed by atoms with Crippen molar-refractivity contribution in [2.75, 3.05) is 11.9 Å². The lowest BCUT2D eigenvalue weighted by atomic mass is 9.99. The number of halogens is 1. The van der Waals surface area contributed by atoms with Gasteiger partial charge in [0.15, 0.2) is 0 Å². The van der Waals surface area contributed by atoms with Crippen LogP contribution in [0.15, 0.2) is 71.5 Å². The second-order valence-electron chi connectivity index (χ2n) is 4.82. The van der Waals surface area contributed by atoms with E-state index >= 15 is 0 Å². The number of benzene rings is 1. The largest absolute Gasteiger partial charge is 0.348 e. The Morgan fingerprint density at radius 1 is 1.36 bits per heavy atom. The molecule has 1 aromatic carbocycles. The monoisotopic (exact) mass is 358 g/mol. The van der Waals surface area contributed by atoms with Crippen molar-refractivity contribution in [2.45, 2.75) is 20.3 Å². The Bertz CT molecular complexity index is 639. The fourth-order valence-corrected chi connectivity index (χ4v) is 2.43. The molecule has 0 fully saturated rings. The first-order chi connectivity index (χ1) is 10.5. The topological polar surface area (TPSA) is 15.6 Å². The van der Waals surface area contributed by atoms with Crippen molar-refractivity contribution < 1.29 is 0 Å². The van der Waals surface area contributed by atoms with Gasteiger partial charge in [-0.05, 0) is 37.6 Å². The van der Waals surface area contributed by atoms with E-state index in [2.05, 4.69) is 64.6 Å². The Kier molecular flexibility index (Phi) is 7.06. The van der Waals surface area contributed by atoms with E-state index in [9.17, 15) is 0 Å². The molecule has 0 radical (unpaired) electrons. The highest BCUT2D eigenvalue weighted by molar-refractivity contribution is 9.10. The SMILES string of the molecule is C=CN=C(/C=C\C)C(=C)c1cc(Br)ccc1N(C)C(=C)CC. The molecule has 116 valence electrons. The average Bonchev–Trinajstić information content (AvgIpc) is 2.52. The second-order valence-corrected chi connectivity index (χ2v) is 5.73. The number of hydrogen-bond acceptors (Lipinski definition) is 2. The van der Waals surface area contributed by atoms with E-state index in [4.69, 9.17) is 0 Å². The van der Waals surface area contributed by atoms with Gasteiger partial charge in [-0.15, -0.1) is 0 Å². The molecule has 0 aliphatic heterocycles. The summed E-state index contributed by atoms with van der Waals surface area (Å²) < 4.78 is 1.00. The number of hydrogen-bond donors (Lipinski definition) is 0. The van der Waals surface area contributed by atoms with E-state index in [1.54, 1.807) is 0 Å². The normalized spacial score (nSPS) is 11.5. The minimum absolute atomic E-state index is 0.798. The number of rotatable bonds is 7. The van der Waals surface area contributed by atoms with Crippen molar-refractivity contribution in [3.05, 3.63) is 72.0 Å². The van der Waals surface area contributed by atoms with Gasteiger partial charge in [-0.3, -0.25) is 4.99 Å². The molecule has 0 saturated carbocycles. The second kappa shape index (κ2) is 8.54. The molecule has 0 aliphatic rings. The smallest absolute Gasteiger partial charge is 0.0699 e. The van der Waals surface area contributed by atoms with Crippen LogP contribution in [0.25, 0.3) is 5.57 Å². The molecule has 0 heterocycles. The van der Waals surface area contributed by atoms with E-state index in [0.29, 0.717) is 0 Å². The van der Waals surface area contributed by atoms with Crippen LogP contribution >= 0.6 is 15.9 Å². The van der Waals surface area contributed by atoms with Gasteiger partial charge in [0.1, 0.15) is 0 Å². The van der Waals surface area contributed by atoms with Crippen molar-refractivity contribution in [1.82, 2.24) is 0 Å². The molecular formula is C19H23BrN2. The molecule has 0 N–H and O–H groups in total. The molecule has 0 unspecified atom stereocenters. The van der Waals surface area contributed by atoms with Gasteiger partial charge in [-0.1, -0.05) is 48.7 Å². The van der Waals surface area contributed by atoms with Gasteiger partial charge in [-0.2, -0.15) is 0 Å². The third-order valence-corrected chi connectivity index (χ3v) is 3.88. The van der Waals surface area contributed by atoms with Crippen LogP contribution in [0.5, 0.6) is 0 Å². The van der Waals surface area contributed by atoms with Crippen molar-refractivity contribution in [3.63, 3.8) is 0 Å². The summed E-state index contributed by atoms with van der Waals surface area (Å²) in [6.07, 6.45) is 6.30. The number of anilines is 1. The number of allylic oxidation sites excluding steroid dienone is 4. The van der Waals surface area contributed by atoms with E-state index in [0.717, 1.165) is 39.1 Å². The highest BCUT2D eigenvalue weighted by atomic mass is 79.9. The molecule has 1 rings (SSSR count). The van der Waals surface area contributed by atoms with Crippen LogP contribution in [0.4, 0.5) is 5.69 Å². The summed E-state index contributed by atoms with van der Waals surface area (Å²) in [6.45, 7) is 16.1. The van der Waals surface area contributed by atoms with Gasteiger partial charge < -0.3 is 4.90 Å². The Morgan fingerprint density at radius 2 is 2.05 bits per heavy atom. The van der Waals surface area contributed by atoms with Crippen molar-refractivity contribution >= 4 is 32.9 Å². The van der Waals surface area contributed by atoms with Crippen LogP contribution in [0.3, 0.4) is 0 Å². The molecule has 1 aromatic rings. The van der Waals surface area contributed by atoms with E-state index in [1.807, 2.05) is 32.2 Å². The molecule has 0 spiro atoms. The average molecular weight is 359 g/mol. The van der Waals surface area contributed by atoms with Crippen molar-refractivity contribution in [3.8, 4) is 0 Å². The third-order valence-electron chi connectivity index (χ3n) is 3.39. The molecule has 0 saturated heterocycles. The molecule has 0 bridgehead atoms. The summed E-state index contributed by atoms with van der Waals surface area (Å²) in [5, 5.41) is 0. The summed E-state index contributed by atoms with van der Waals surface area (Å²) in [5.74, 6) is 0. The highest BCUT2D eigenvalue weighted by Gasteiger charge is 2.14. The van der Waals surface area contributed by atoms with Gasteiger partial charge in [0.05, 0.1) is 5.71 Å². The maximum atomic E-state index is 4.32. The number of aliphatic imine (C=N–C) groups is 1. The fourth-order valence-electron chi connectivity index (χ4n) is 2.07. The van der Waals surface area contributed by atoms with E-state index in [1.165, 1.54) is 6.20 Å². The zero-order valence-corrected chi connectivity index (χ0v) is 15.2. The summed E-state index contributed by atoms with van der Waals surface area (Å²) >= 11 is 3.53. The minimum atomic E-state index is 0.798. The van der Waals surface area contributed by atoms with Crippen LogP contribution in [0.2, 0.25) is 0 Å². The molecule has 0 aliphatic carbocycles. The maximum absolute atomic E-state index is 4.32. The molecule has 22 heavy (non-hydrogen) atoms. The Morgan fingerprint density at radius 3 is 2.59 bits per heavy atom. The van der Waals surface area contributed by atoms with Gasteiger partial charge in [0, 0.05) is 40.2 Å². The third kappa shape index (κ3) is 4.31. The van der Waals surface area contributed by atoms with Crippen molar-refractivity contribution in [2.24, 2.45) is 4.99 Å². The molecule has 2 nitrogen and oxygen atoms in total. The van der Waals surface area contributed by atoms with Crippen LogP contribution in [0, 0.1) is 0 Å². The van der Waals surface area contributed by atoms with Gasteiger partial charge in [0.2, 0.25) is 0 Å². The predicted molar refractivity (Wildman–Crippen MR) is 103 cm³/mol. The van der Waals surface area contributed by atoms with Gasteiger partial charge in [0.25, 0.3) is 0 Å². The lowest BCUT2D eigenvalue weighted by Crippen LogP contribution is -2.17. The van der Waals surface area contributed by atoms with Crippen LogP contribution in [0.1, 0.15) is 25.8 Å². The predicted octanol–water partition coefficient (Wildman–Crippen LogP) is 5.98. The summed E-state index contributed by atoms with van der Waals surface area (Å²) in [5.41, 5.74) is 4.77. The lowest BCUT2D eigenvalue weighted by molar-refractivity contribution is 0.983. The Balaban J connectivity index is 3.42. The van der Waals surface area contributed by atoms with Gasteiger partial charge >= 0.3 is 0 Å². The zero-order valence-electron chi connectivity index (χ0n) is 13.6. The molecule has 0 atom stereocenters. The first-order valence-corrected chi connectivity index (χ1v) is 7.97.